The Hall–Kier alpha value is -0.720. The van der Waals surface area contributed by atoms with Gasteiger partial charge in [0.25, 0.3) is 0 Å². The van der Waals surface area contributed by atoms with Gasteiger partial charge in [-0.05, 0) is 25.1 Å². The fraction of sp³-hybridized carbons (Fsp3) is 0.100. The van der Waals surface area contributed by atoms with Crippen molar-refractivity contribution in [3.8, 4) is 0 Å². The van der Waals surface area contributed by atoms with Gasteiger partial charge in [0.1, 0.15) is 5.01 Å². The number of hydrogen-bond donors (Lipinski definition) is 0. The maximum Gasteiger partial charge on any atom is 0.179 e. The molecule has 0 aliphatic heterocycles. The number of aryl methyl sites for hydroxylation is 1. The van der Waals surface area contributed by atoms with Crippen LogP contribution in [0, 0.1) is 6.92 Å². The van der Waals surface area contributed by atoms with Crippen molar-refractivity contribution in [1.29, 1.82) is 0 Å². The molecule has 2 rings (SSSR count). The predicted molar refractivity (Wildman–Crippen MR) is 68.3 cm³/mol. The highest BCUT2D eigenvalue weighted by Crippen LogP contribution is 2.32. The lowest BCUT2D eigenvalue weighted by atomic mass is 10.2. The lowest BCUT2D eigenvalue weighted by molar-refractivity contribution is 0.112. The molecule has 0 fully saturated rings. The molecule has 0 saturated carbocycles. The van der Waals surface area contributed by atoms with Crippen LogP contribution in [0.5, 0.6) is 0 Å². The molecule has 1 aromatic carbocycles. The van der Waals surface area contributed by atoms with Crippen LogP contribution in [0.1, 0.15) is 15.4 Å². The van der Waals surface area contributed by atoms with Gasteiger partial charge in [0, 0.05) is 14.9 Å². The monoisotopic (exact) mass is 314 g/mol. The third-order valence-electron chi connectivity index (χ3n) is 1.80. The summed E-state index contributed by atoms with van der Waals surface area (Å²) in [6.07, 6.45) is 0.848. The Labute approximate surface area is 109 Å². The third kappa shape index (κ3) is 2.69. The van der Waals surface area contributed by atoms with Crippen molar-refractivity contribution in [3.05, 3.63) is 33.2 Å². The molecule has 0 amide bonds. The van der Waals surface area contributed by atoms with Gasteiger partial charge in [-0.1, -0.05) is 39.0 Å². The summed E-state index contributed by atoms with van der Waals surface area (Å²) in [6, 6.07) is 5.60. The molecule has 3 nitrogen and oxygen atoms in total. The van der Waals surface area contributed by atoms with Crippen LogP contribution >= 0.6 is 39.0 Å². The minimum Gasteiger partial charge on any atom is -0.298 e. The smallest absolute Gasteiger partial charge is 0.179 e. The summed E-state index contributed by atoms with van der Waals surface area (Å²) in [5.74, 6) is 0. The quantitative estimate of drug-likeness (QED) is 0.812. The molecule has 0 spiro atoms. The minimum absolute atomic E-state index is 0.659. The van der Waals surface area contributed by atoms with E-state index in [4.69, 9.17) is 0 Å². The van der Waals surface area contributed by atoms with Crippen LogP contribution in [0.4, 0.5) is 0 Å². The second kappa shape index (κ2) is 5.07. The Bertz CT molecular complexity index is 527. The molecule has 0 N–H and O–H groups in total. The second-order valence-corrected chi connectivity index (χ2v) is 6.38. The van der Waals surface area contributed by atoms with Crippen LogP contribution in [0.2, 0.25) is 0 Å². The van der Waals surface area contributed by atoms with Crippen LogP contribution in [0.3, 0.4) is 0 Å². The van der Waals surface area contributed by atoms with Gasteiger partial charge >= 0.3 is 0 Å². The topological polar surface area (TPSA) is 42.9 Å². The number of carbonyl (C=O) groups excluding carboxylic acids is 1. The number of benzene rings is 1. The highest BCUT2D eigenvalue weighted by molar-refractivity contribution is 9.10. The van der Waals surface area contributed by atoms with E-state index in [-0.39, 0.29) is 0 Å². The minimum atomic E-state index is 0.659. The number of hydrogen-bond acceptors (Lipinski definition) is 5. The van der Waals surface area contributed by atoms with E-state index in [0.717, 1.165) is 25.0 Å². The molecule has 0 unspecified atom stereocenters. The van der Waals surface area contributed by atoms with Crippen molar-refractivity contribution in [3.63, 3.8) is 0 Å². The first kappa shape index (κ1) is 11.8. The lowest BCUT2D eigenvalue weighted by Crippen LogP contribution is -1.84. The van der Waals surface area contributed by atoms with Crippen LogP contribution < -0.4 is 0 Å². The summed E-state index contributed by atoms with van der Waals surface area (Å²) in [5.41, 5.74) is 0.659. The number of rotatable bonds is 3. The van der Waals surface area contributed by atoms with Gasteiger partial charge in [0.05, 0.1) is 0 Å². The summed E-state index contributed by atoms with van der Waals surface area (Å²) in [4.78, 5) is 11.8. The van der Waals surface area contributed by atoms with Gasteiger partial charge in [0.15, 0.2) is 10.6 Å². The van der Waals surface area contributed by atoms with Gasteiger partial charge < -0.3 is 0 Å². The predicted octanol–water partition coefficient (Wildman–Crippen LogP) is 3.57. The standard InChI is InChI=1S/C10H7BrN2OS2/c1-6-12-13-10(15-6)16-9-3-2-8(11)4-7(9)5-14/h2-5H,1H3. The molecular weight excluding hydrogens is 308 g/mol. The molecule has 6 heteroatoms. The number of carbonyl (C=O) groups is 1. The van der Waals surface area contributed by atoms with Gasteiger partial charge in [-0.15, -0.1) is 10.2 Å². The summed E-state index contributed by atoms with van der Waals surface area (Å²) in [5, 5.41) is 8.87. The zero-order valence-corrected chi connectivity index (χ0v) is 11.5. The first-order chi connectivity index (χ1) is 7.69. The van der Waals surface area contributed by atoms with Crippen molar-refractivity contribution in [1.82, 2.24) is 10.2 Å². The van der Waals surface area contributed by atoms with Gasteiger partial charge in [-0.3, -0.25) is 4.79 Å². The lowest BCUT2D eigenvalue weighted by Gasteiger charge is -2.01. The van der Waals surface area contributed by atoms with Crippen LogP contribution in [0.15, 0.2) is 31.9 Å². The summed E-state index contributed by atoms with van der Waals surface area (Å²) in [7, 11) is 0. The number of halogens is 1. The third-order valence-corrected chi connectivity index (χ3v) is 4.28. The molecular formula is C10H7BrN2OS2. The number of nitrogens with zero attached hydrogens (tertiary/aromatic N) is 2. The van der Waals surface area contributed by atoms with E-state index in [1.165, 1.54) is 23.1 Å². The molecule has 82 valence electrons. The SMILES string of the molecule is Cc1nnc(Sc2ccc(Br)cc2C=O)s1. The van der Waals surface area contributed by atoms with E-state index in [9.17, 15) is 4.79 Å². The Balaban J connectivity index is 2.30. The Morgan fingerprint density at radius 3 is 2.88 bits per heavy atom. The molecule has 2 aromatic rings. The first-order valence-corrected chi connectivity index (χ1v) is 6.84. The van der Waals surface area contributed by atoms with Crippen LogP contribution in [0.25, 0.3) is 0 Å². The van der Waals surface area contributed by atoms with E-state index in [0.29, 0.717) is 5.56 Å². The molecule has 1 heterocycles. The van der Waals surface area contributed by atoms with Gasteiger partial charge in [0.2, 0.25) is 0 Å². The van der Waals surface area contributed by atoms with E-state index >= 15 is 0 Å². The number of aromatic nitrogens is 2. The van der Waals surface area contributed by atoms with E-state index < -0.39 is 0 Å². The average molecular weight is 315 g/mol. The van der Waals surface area contributed by atoms with Gasteiger partial charge in [-0.25, -0.2) is 0 Å². The summed E-state index contributed by atoms with van der Waals surface area (Å²) in [6.45, 7) is 1.91. The molecule has 1 aromatic heterocycles. The largest absolute Gasteiger partial charge is 0.298 e. The van der Waals surface area contributed by atoms with E-state index in [1.54, 1.807) is 6.07 Å². The summed E-state index contributed by atoms with van der Waals surface area (Å²) < 4.78 is 1.75. The first-order valence-electron chi connectivity index (χ1n) is 4.42. The Morgan fingerprint density at radius 1 is 1.44 bits per heavy atom. The molecule has 0 atom stereocenters. The molecule has 16 heavy (non-hydrogen) atoms. The van der Waals surface area contributed by atoms with Crippen molar-refractivity contribution in [2.75, 3.05) is 0 Å². The normalized spacial score (nSPS) is 10.4. The van der Waals surface area contributed by atoms with Crippen molar-refractivity contribution < 1.29 is 4.79 Å². The highest BCUT2D eigenvalue weighted by Gasteiger charge is 2.07. The van der Waals surface area contributed by atoms with Gasteiger partial charge in [-0.2, -0.15) is 0 Å². The Kier molecular flexibility index (Phi) is 3.73. The fourth-order valence-corrected chi connectivity index (χ4v) is 3.34. The van der Waals surface area contributed by atoms with Crippen LogP contribution in [-0.4, -0.2) is 16.5 Å². The zero-order valence-electron chi connectivity index (χ0n) is 8.31. The zero-order chi connectivity index (χ0) is 11.5. The fourth-order valence-electron chi connectivity index (χ4n) is 1.12. The molecule has 0 radical (unpaired) electrons. The average Bonchev–Trinajstić information content (AvgIpc) is 2.67. The van der Waals surface area contributed by atoms with Crippen molar-refractivity contribution in [2.45, 2.75) is 16.2 Å². The van der Waals surface area contributed by atoms with Crippen molar-refractivity contribution in [2.24, 2.45) is 0 Å². The second-order valence-electron chi connectivity index (χ2n) is 2.99. The molecule has 0 saturated heterocycles. The molecule has 0 bridgehead atoms. The van der Waals surface area contributed by atoms with Crippen molar-refractivity contribution >= 4 is 45.3 Å². The summed E-state index contributed by atoms with van der Waals surface area (Å²) >= 11 is 6.31. The van der Waals surface area contributed by atoms with E-state index in [1.807, 2.05) is 19.1 Å². The highest BCUT2D eigenvalue weighted by atomic mass is 79.9. The van der Waals surface area contributed by atoms with E-state index in [2.05, 4.69) is 26.1 Å². The Morgan fingerprint density at radius 2 is 2.25 bits per heavy atom. The number of aldehydes is 1. The maximum absolute atomic E-state index is 10.9. The maximum atomic E-state index is 10.9. The molecule has 0 aliphatic rings. The molecule has 0 aliphatic carbocycles. The van der Waals surface area contributed by atoms with Crippen LogP contribution in [-0.2, 0) is 0 Å².